The van der Waals surface area contributed by atoms with Crippen molar-refractivity contribution in [3.63, 3.8) is 0 Å². The van der Waals surface area contributed by atoms with Crippen molar-refractivity contribution in [3.8, 4) is 0 Å². The Hall–Kier alpha value is -2.89. The number of anilines is 1. The van der Waals surface area contributed by atoms with E-state index in [9.17, 15) is 4.79 Å². The van der Waals surface area contributed by atoms with Gasteiger partial charge in [-0.2, -0.15) is 0 Å². The zero-order valence-corrected chi connectivity index (χ0v) is 16.9. The van der Waals surface area contributed by atoms with E-state index in [0.717, 1.165) is 68.0 Å². The number of carbonyl (C=O) groups is 1. The number of pyridine rings is 1. The highest BCUT2D eigenvalue weighted by Gasteiger charge is 2.28. The van der Waals surface area contributed by atoms with Crippen molar-refractivity contribution in [2.75, 3.05) is 18.4 Å². The van der Waals surface area contributed by atoms with Crippen LogP contribution in [0.2, 0.25) is 0 Å². The van der Waals surface area contributed by atoms with E-state index >= 15 is 0 Å². The lowest BCUT2D eigenvalue weighted by molar-refractivity contribution is 0.220. The van der Waals surface area contributed by atoms with Gasteiger partial charge in [-0.3, -0.25) is 0 Å². The van der Waals surface area contributed by atoms with Crippen LogP contribution in [0, 0.1) is 5.92 Å². The fourth-order valence-electron chi connectivity index (χ4n) is 4.79. The molecule has 3 aromatic rings. The Balaban J connectivity index is 1.24. The predicted octanol–water partition coefficient (Wildman–Crippen LogP) is 4.04. The molecule has 150 valence electrons. The maximum absolute atomic E-state index is 12.8. The van der Waals surface area contributed by atoms with Gasteiger partial charge in [-0.1, -0.05) is 6.07 Å². The third kappa shape index (κ3) is 3.48. The molecule has 2 aromatic heterocycles. The molecular formula is C23H27N5O. The molecule has 1 N–H and O–H groups in total. The summed E-state index contributed by atoms with van der Waals surface area (Å²) < 4.78 is 2.20. The van der Waals surface area contributed by atoms with Crippen LogP contribution in [0.1, 0.15) is 36.7 Å². The first-order valence-corrected chi connectivity index (χ1v) is 10.7. The summed E-state index contributed by atoms with van der Waals surface area (Å²) in [5.41, 5.74) is 5.63. The van der Waals surface area contributed by atoms with Gasteiger partial charge >= 0.3 is 6.03 Å². The summed E-state index contributed by atoms with van der Waals surface area (Å²) in [6, 6.07) is 10.3. The molecule has 3 heterocycles. The molecule has 29 heavy (non-hydrogen) atoms. The quantitative estimate of drug-likeness (QED) is 0.733. The normalized spacial score (nSPS) is 18.4. The van der Waals surface area contributed by atoms with Crippen LogP contribution in [0.25, 0.3) is 11.2 Å². The van der Waals surface area contributed by atoms with E-state index < -0.39 is 0 Å². The lowest BCUT2D eigenvalue weighted by Crippen LogP contribution is -2.33. The standard InChI is InChI=1S/C23H27N5O/c1-2-28-21(26-20-7-4-11-24-22(20)28)13-16-10-12-27(15-16)23(29)25-19-9-8-17-5-3-6-18(17)14-19/h4,7-9,11,14,16H,2-3,5-6,10,12-13,15H2,1H3,(H,25,29)/t16-/m0/s1. The number of imidazole rings is 1. The van der Waals surface area contributed by atoms with E-state index in [1.54, 1.807) is 0 Å². The van der Waals surface area contributed by atoms with Gasteiger partial charge in [-0.25, -0.2) is 14.8 Å². The first-order chi connectivity index (χ1) is 14.2. The summed E-state index contributed by atoms with van der Waals surface area (Å²) >= 11 is 0. The van der Waals surface area contributed by atoms with Gasteiger partial charge in [0.05, 0.1) is 0 Å². The van der Waals surface area contributed by atoms with Crippen molar-refractivity contribution < 1.29 is 4.79 Å². The van der Waals surface area contributed by atoms with E-state index in [2.05, 4.69) is 33.9 Å². The van der Waals surface area contributed by atoms with Gasteiger partial charge in [0.15, 0.2) is 5.65 Å². The van der Waals surface area contributed by atoms with Crippen LogP contribution >= 0.6 is 0 Å². The summed E-state index contributed by atoms with van der Waals surface area (Å²) in [4.78, 5) is 24.0. The zero-order chi connectivity index (χ0) is 19.8. The van der Waals surface area contributed by atoms with Gasteiger partial charge in [0.25, 0.3) is 0 Å². The number of hydrogen-bond donors (Lipinski definition) is 1. The topological polar surface area (TPSA) is 63.1 Å². The number of fused-ring (bicyclic) bond motifs is 2. The molecule has 0 radical (unpaired) electrons. The van der Waals surface area contributed by atoms with Gasteiger partial charge in [0, 0.05) is 37.9 Å². The number of amides is 2. The number of likely N-dealkylation sites (tertiary alicyclic amines) is 1. The SMILES string of the molecule is CCn1c(C[C@@H]2CCN(C(=O)Nc3ccc4c(c3)CCC4)C2)nc2cccnc21. The minimum absolute atomic E-state index is 0.0103. The molecule has 0 saturated carbocycles. The molecule has 5 rings (SSSR count). The largest absolute Gasteiger partial charge is 0.324 e. The van der Waals surface area contributed by atoms with Crippen LogP contribution in [-0.4, -0.2) is 38.6 Å². The van der Waals surface area contributed by atoms with E-state index in [-0.39, 0.29) is 6.03 Å². The number of urea groups is 1. The molecule has 0 bridgehead atoms. The van der Waals surface area contributed by atoms with Crippen LogP contribution in [0.15, 0.2) is 36.5 Å². The first kappa shape index (κ1) is 18.2. The van der Waals surface area contributed by atoms with Crippen LogP contribution in [0.5, 0.6) is 0 Å². The summed E-state index contributed by atoms with van der Waals surface area (Å²) in [5, 5.41) is 3.10. The van der Waals surface area contributed by atoms with Crippen LogP contribution in [0.3, 0.4) is 0 Å². The number of benzene rings is 1. The van der Waals surface area contributed by atoms with Gasteiger partial charge in [0.2, 0.25) is 0 Å². The highest BCUT2D eigenvalue weighted by atomic mass is 16.2. The monoisotopic (exact) mass is 389 g/mol. The van der Waals surface area contributed by atoms with E-state index in [1.165, 1.54) is 17.5 Å². The number of aromatic nitrogens is 3. The Labute approximate surface area is 171 Å². The molecular weight excluding hydrogens is 362 g/mol. The molecule has 0 unspecified atom stereocenters. The molecule has 1 atom stereocenters. The third-order valence-electron chi connectivity index (χ3n) is 6.29. The van der Waals surface area contributed by atoms with Crippen LogP contribution in [0.4, 0.5) is 10.5 Å². The van der Waals surface area contributed by atoms with Crippen LogP contribution in [-0.2, 0) is 25.8 Å². The Morgan fingerprint density at radius 3 is 3.03 bits per heavy atom. The highest BCUT2D eigenvalue weighted by molar-refractivity contribution is 5.89. The molecule has 2 amide bonds. The van der Waals surface area contributed by atoms with E-state index in [0.29, 0.717) is 5.92 Å². The Morgan fingerprint density at radius 2 is 2.14 bits per heavy atom. The van der Waals surface area contributed by atoms with Gasteiger partial charge in [0.1, 0.15) is 11.3 Å². The average Bonchev–Trinajstić information content (AvgIpc) is 3.45. The molecule has 1 aromatic carbocycles. The van der Waals surface area contributed by atoms with Crippen molar-refractivity contribution in [1.82, 2.24) is 19.4 Å². The Morgan fingerprint density at radius 1 is 1.24 bits per heavy atom. The second-order valence-electron chi connectivity index (χ2n) is 8.19. The molecule has 1 saturated heterocycles. The Bertz CT molecular complexity index is 1060. The number of nitrogens with zero attached hydrogens (tertiary/aromatic N) is 4. The summed E-state index contributed by atoms with van der Waals surface area (Å²) in [5.74, 6) is 1.51. The summed E-state index contributed by atoms with van der Waals surface area (Å²) in [6.07, 6.45) is 7.22. The van der Waals surface area contributed by atoms with Gasteiger partial charge < -0.3 is 14.8 Å². The lowest BCUT2D eigenvalue weighted by atomic mass is 10.0. The maximum Gasteiger partial charge on any atom is 0.321 e. The van der Waals surface area contributed by atoms with Crippen molar-refractivity contribution >= 4 is 22.9 Å². The minimum atomic E-state index is 0.0103. The Kier molecular flexibility index (Phi) is 4.70. The molecule has 1 fully saturated rings. The molecule has 1 aliphatic heterocycles. The van der Waals surface area contributed by atoms with Gasteiger partial charge in [-0.05, 0) is 73.9 Å². The van der Waals surface area contributed by atoms with E-state index in [1.807, 2.05) is 29.3 Å². The maximum atomic E-state index is 12.8. The third-order valence-corrected chi connectivity index (χ3v) is 6.29. The fourth-order valence-corrected chi connectivity index (χ4v) is 4.79. The summed E-state index contributed by atoms with van der Waals surface area (Å²) in [7, 11) is 0. The number of aryl methyl sites for hydroxylation is 3. The number of rotatable bonds is 4. The lowest BCUT2D eigenvalue weighted by Gasteiger charge is -2.18. The second kappa shape index (κ2) is 7.50. The average molecular weight is 390 g/mol. The fraction of sp³-hybridized carbons (Fsp3) is 0.435. The first-order valence-electron chi connectivity index (χ1n) is 10.7. The molecule has 1 aliphatic carbocycles. The van der Waals surface area contributed by atoms with Gasteiger partial charge in [-0.15, -0.1) is 0 Å². The summed E-state index contributed by atoms with van der Waals surface area (Å²) in [6.45, 7) is 4.56. The number of hydrogen-bond acceptors (Lipinski definition) is 3. The number of nitrogens with one attached hydrogen (secondary N) is 1. The van der Waals surface area contributed by atoms with Crippen molar-refractivity contribution in [3.05, 3.63) is 53.5 Å². The van der Waals surface area contributed by atoms with Crippen molar-refractivity contribution in [2.24, 2.45) is 5.92 Å². The molecule has 6 heteroatoms. The van der Waals surface area contributed by atoms with Crippen LogP contribution < -0.4 is 5.32 Å². The van der Waals surface area contributed by atoms with Crippen molar-refractivity contribution in [2.45, 2.75) is 45.6 Å². The molecule has 6 nitrogen and oxygen atoms in total. The number of carbonyl (C=O) groups excluding carboxylic acids is 1. The van der Waals surface area contributed by atoms with E-state index in [4.69, 9.17) is 4.98 Å². The highest BCUT2D eigenvalue weighted by Crippen LogP contribution is 2.26. The smallest absolute Gasteiger partial charge is 0.321 e. The second-order valence-corrected chi connectivity index (χ2v) is 8.19. The minimum Gasteiger partial charge on any atom is -0.324 e. The molecule has 0 spiro atoms. The zero-order valence-electron chi connectivity index (χ0n) is 16.9. The van der Waals surface area contributed by atoms with Crippen molar-refractivity contribution in [1.29, 1.82) is 0 Å². The molecule has 2 aliphatic rings. The predicted molar refractivity (Wildman–Crippen MR) is 114 cm³/mol.